The van der Waals surface area contributed by atoms with Gasteiger partial charge in [0.15, 0.2) is 0 Å². The Labute approximate surface area is 68.3 Å². The number of imidazole rings is 1. The molecule has 2 nitrogen and oxygen atoms in total. The van der Waals surface area contributed by atoms with Gasteiger partial charge in [-0.15, -0.1) is 0 Å². The van der Waals surface area contributed by atoms with Gasteiger partial charge in [-0.1, -0.05) is 13.3 Å². The van der Waals surface area contributed by atoms with E-state index in [0.717, 1.165) is 13.0 Å². The summed E-state index contributed by atoms with van der Waals surface area (Å²) in [5, 5.41) is 0. The van der Waals surface area contributed by atoms with E-state index in [1.165, 1.54) is 18.7 Å². The molecule has 1 aromatic rings. The predicted octanol–water partition coefficient (Wildman–Crippen LogP) is 2.25. The fraction of sp³-hybridized carbons (Fsp3) is 0.667. The topological polar surface area (TPSA) is 17.8 Å². The maximum atomic E-state index is 4.29. The Kier molecular flexibility index (Phi) is 3.14. The van der Waals surface area contributed by atoms with Crippen LogP contribution < -0.4 is 0 Å². The average Bonchev–Trinajstić information content (AvgIpc) is 2.47. The summed E-state index contributed by atoms with van der Waals surface area (Å²) in [5.41, 5.74) is 0. The predicted molar refractivity (Wildman–Crippen MR) is 46.5 cm³/mol. The molecular formula is C9H16N2. The molecule has 1 rings (SSSR count). The molecule has 0 atom stereocenters. The Morgan fingerprint density at radius 3 is 2.91 bits per heavy atom. The average molecular weight is 152 g/mol. The third-order valence-corrected chi connectivity index (χ3v) is 1.90. The number of hydrogen-bond acceptors (Lipinski definition) is 1. The number of hydrogen-bond donors (Lipinski definition) is 0. The van der Waals surface area contributed by atoms with E-state index in [0.29, 0.717) is 0 Å². The first-order valence-corrected chi connectivity index (χ1v) is 4.38. The zero-order chi connectivity index (χ0) is 8.10. The van der Waals surface area contributed by atoms with E-state index < -0.39 is 0 Å². The lowest BCUT2D eigenvalue weighted by Gasteiger charge is -2.02. The van der Waals surface area contributed by atoms with Gasteiger partial charge in [0, 0.05) is 25.4 Å². The highest BCUT2D eigenvalue weighted by molar-refractivity contribution is 4.91. The third-order valence-electron chi connectivity index (χ3n) is 1.90. The van der Waals surface area contributed by atoms with Crippen LogP contribution in [0.2, 0.25) is 0 Å². The van der Waals surface area contributed by atoms with Crippen LogP contribution in [0.3, 0.4) is 0 Å². The lowest BCUT2D eigenvalue weighted by molar-refractivity contribution is 0.662. The van der Waals surface area contributed by atoms with Crippen LogP contribution in [0.5, 0.6) is 0 Å². The van der Waals surface area contributed by atoms with E-state index in [1.54, 1.807) is 0 Å². The molecule has 0 saturated carbocycles. The molecule has 1 heterocycles. The highest BCUT2D eigenvalue weighted by Gasteiger charge is 1.98. The number of aryl methyl sites for hydroxylation is 2. The molecule has 0 aliphatic heterocycles. The Balaban J connectivity index is 2.54. The van der Waals surface area contributed by atoms with Crippen LogP contribution >= 0.6 is 0 Å². The second-order valence-corrected chi connectivity index (χ2v) is 2.73. The summed E-state index contributed by atoms with van der Waals surface area (Å²) >= 11 is 0. The van der Waals surface area contributed by atoms with Crippen molar-refractivity contribution in [2.24, 2.45) is 0 Å². The number of nitrogens with zero attached hydrogens (tertiary/aromatic N) is 2. The highest BCUT2D eigenvalue weighted by atomic mass is 15.0. The molecule has 0 aliphatic rings. The van der Waals surface area contributed by atoms with Gasteiger partial charge in [-0.25, -0.2) is 4.98 Å². The Morgan fingerprint density at radius 2 is 2.27 bits per heavy atom. The van der Waals surface area contributed by atoms with Crippen molar-refractivity contribution in [1.82, 2.24) is 9.55 Å². The van der Waals surface area contributed by atoms with Gasteiger partial charge >= 0.3 is 0 Å². The Hall–Kier alpha value is -0.790. The van der Waals surface area contributed by atoms with Crippen molar-refractivity contribution in [3.8, 4) is 0 Å². The molecule has 62 valence electrons. The van der Waals surface area contributed by atoms with Crippen molar-refractivity contribution in [1.29, 1.82) is 0 Å². The Bertz CT molecular complexity index is 203. The van der Waals surface area contributed by atoms with Crippen LogP contribution in [0.25, 0.3) is 0 Å². The second-order valence-electron chi connectivity index (χ2n) is 2.73. The quantitative estimate of drug-likeness (QED) is 0.647. The summed E-state index contributed by atoms with van der Waals surface area (Å²) in [6.07, 6.45) is 7.55. The first kappa shape index (κ1) is 8.31. The summed E-state index contributed by atoms with van der Waals surface area (Å²) in [5.74, 6) is 1.23. The molecule has 11 heavy (non-hydrogen) atoms. The molecule has 0 spiro atoms. The molecule has 0 fully saturated rings. The van der Waals surface area contributed by atoms with E-state index in [-0.39, 0.29) is 0 Å². The zero-order valence-corrected chi connectivity index (χ0v) is 7.38. The molecule has 2 heteroatoms. The minimum absolute atomic E-state index is 1.04. The van der Waals surface area contributed by atoms with Gasteiger partial charge in [0.25, 0.3) is 0 Å². The van der Waals surface area contributed by atoms with E-state index in [2.05, 4.69) is 23.4 Å². The molecule has 0 saturated heterocycles. The van der Waals surface area contributed by atoms with Gasteiger partial charge in [-0.2, -0.15) is 0 Å². The lowest BCUT2D eigenvalue weighted by atomic mass is 10.2. The van der Waals surface area contributed by atoms with Gasteiger partial charge in [0.1, 0.15) is 5.82 Å². The van der Waals surface area contributed by atoms with Crippen LogP contribution in [-0.2, 0) is 13.0 Å². The van der Waals surface area contributed by atoms with Crippen molar-refractivity contribution in [2.45, 2.75) is 39.7 Å². The largest absolute Gasteiger partial charge is 0.335 e. The second kappa shape index (κ2) is 4.16. The summed E-state index contributed by atoms with van der Waals surface area (Å²) < 4.78 is 2.20. The first-order chi connectivity index (χ1) is 5.38. The van der Waals surface area contributed by atoms with E-state index in [1.807, 2.05) is 12.4 Å². The molecule has 0 amide bonds. The number of rotatable bonds is 4. The van der Waals surface area contributed by atoms with Crippen molar-refractivity contribution >= 4 is 0 Å². The van der Waals surface area contributed by atoms with Gasteiger partial charge in [0.2, 0.25) is 0 Å². The van der Waals surface area contributed by atoms with Gasteiger partial charge in [-0.05, 0) is 13.3 Å². The van der Waals surface area contributed by atoms with Crippen molar-refractivity contribution in [3.05, 3.63) is 18.2 Å². The summed E-state index contributed by atoms with van der Waals surface area (Å²) in [6.45, 7) is 5.40. The van der Waals surface area contributed by atoms with Gasteiger partial charge < -0.3 is 4.57 Å². The maximum Gasteiger partial charge on any atom is 0.108 e. The van der Waals surface area contributed by atoms with E-state index in [9.17, 15) is 0 Å². The lowest BCUT2D eigenvalue weighted by Crippen LogP contribution is -2.00. The van der Waals surface area contributed by atoms with Gasteiger partial charge in [-0.3, -0.25) is 0 Å². The molecule has 0 radical (unpaired) electrons. The number of unbranched alkanes of at least 4 members (excludes halogenated alkanes) is 1. The standard InChI is InChI=1S/C9H16N2/c1-3-5-6-9-10-7-8-11(9)4-2/h7-8H,3-6H2,1-2H3. The highest BCUT2D eigenvalue weighted by Crippen LogP contribution is 2.02. The minimum Gasteiger partial charge on any atom is -0.335 e. The smallest absolute Gasteiger partial charge is 0.108 e. The van der Waals surface area contributed by atoms with E-state index >= 15 is 0 Å². The fourth-order valence-electron chi connectivity index (χ4n) is 1.19. The van der Waals surface area contributed by atoms with Crippen molar-refractivity contribution < 1.29 is 0 Å². The third kappa shape index (κ3) is 2.07. The van der Waals surface area contributed by atoms with E-state index in [4.69, 9.17) is 0 Å². The van der Waals surface area contributed by atoms with Crippen LogP contribution in [0.4, 0.5) is 0 Å². The first-order valence-electron chi connectivity index (χ1n) is 4.38. The number of aromatic nitrogens is 2. The molecule has 0 bridgehead atoms. The monoisotopic (exact) mass is 152 g/mol. The van der Waals surface area contributed by atoms with Crippen LogP contribution in [0.1, 0.15) is 32.5 Å². The van der Waals surface area contributed by atoms with Crippen molar-refractivity contribution in [2.75, 3.05) is 0 Å². The molecular weight excluding hydrogens is 136 g/mol. The van der Waals surface area contributed by atoms with Crippen LogP contribution in [-0.4, -0.2) is 9.55 Å². The van der Waals surface area contributed by atoms with Gasteiger partial charge in [0.05, 0.1) is 0 Å². The molecule has 0 unspecified atom stereocenters. The molecule has 1 aromatic heterocycles. The normalized spacial score (nSPS) is 10.4. The van der Waals surface area contributed by atoms with Crippen LogP contribution in [0.15, 0.2) is 12.4 Å². The molecule has 0 aromatic carbocycles. The summed E-state index contributed by atoms with van der Waals surface area (Å²) in [6, 6.07) is 0. The van der Waals surface area contributed by atoms with Crippen LogP contribution in [0, 0.1) is 0 Å². The summed E-state index contributed by atoms with van der Waals surface area (Å²) in [7, 11) is 0. The zero-order valence-electron chi connectivity index (χ0n) is 7.38. The maximum absolute atomic E-state index is 4.29. The minimum atomic E-state index is 1.04. The Morgan fingerprint density at radius 1 is 1.45 bits per heavy atom. The summed E-state index contributed by atoms with van der Waals surface area (Å²) in [4.78, 5) is 4.29. The van der Waals surface area contributed by atoms with Crippen molar-refractivity contribution in [3.63, 3.8) is 0 Å². The molecule has 0 N–H and O–H groups in total. The molecule has 0 aliphatic carbocycles. The SMILES string of the molecule is CCCCc1nccn1CC. The fourth-order valence-corrected chi connectivity index (χ4v) is 1.19.